The van der Waals surface area contributed by atoms with Crippen molar-refractivity contribution >= 4 is 5.78 Å². The summed E-state index contributed by atoms with van der Waals surface area (Å²) in [6.07, 6.45) is 0.206. The second-order valence-corrected chi connectivity index (χ2v) is 2.44. The van der Waals surface area contributed by atoms with Gasteiger partial charge in [0.25, 0.3) is 0 Å². The lowest BCUT2D eigenvalue weighted by molar-refractivity contribution is -0.121. The first-order valence-corrected chi connectivity index (χ1v) is 2.72. The zero-order valence-corrected chi connectivity index (χ0v) is 4.03. The van der Waals surface area contributed by atoms with Gasteiger partial charge in [-0.25, -0.2) is 0 Å². The van der Waals surface area contributed by atoms with E-state index in [-0.39, 0.29) is 30.2 Å². The highest BCUT2D eigenvalue weighted by atomic mass is 16.7. The summed E-state index contributed by atoms with van der Waals surface area (Å²) < 4.78 is 9.89. The summed E-state index contributed by atoms with van der Waals surface area (Å²) >= 11 is 0. The Labute approximate surface area is 45.6 Å². The van der Waals surface area contributed by atoms with Crippen molar-refractivity contribution in [2.24, 2.45) is 0 Å². The molecule has 2 heterocycles. The molecule has 8 heavy (non-hydrogen) atoms. The standard InChI is InChI=1S/C5H4O3/c6-1-2-4(7-2)5-3(1)8-5/h2-5H/t2-,3-,4-,5-/m0/s1. The topological polar surface area (TPSA) is 42.1 Å². The van der Waals surface area contributed by atoms with Gasteiger partial charge in [-0.3, -0.25) is 4.79 Å². The quantitative estimate of drug-likeness (QED) is 0.381. The molecule has 2 aliphatic heterocycles. The number of rotatable bonds is 0. The first-order chi connectivity index (χ1) is 3.88. The summed E-state index contributed by atoms with van der Waals surface area (Å²) in [5.41, 5.74) is 0. The second-order valence-electron chi connectivity index (χ2n) is 2.44. The highest BCUT2D eigenvalue weighted by Gasteiger charge is 2.72. The minimum absolute atomic E-state index is 0.0567. The minimum atomic E-state index is -0.0567. The number of hydrogen-bond acceptors (Lipinski definition) is 3. The zero-order valence-electron chi connectivity index (χ0n) is 4.03. The van der Waals surface area contributed by atoms with Crippen LogP contribution in [0.15, 0.2) is 0 Å². The fourth-order valence-corrected chi connectivity index (χ4v) is 1.37. The molecule has 1 aliphatic carbocycles. The zero-order chi connectivity index (χ0) is 5.30. The number of fused-ring (bicyclic) bond motifs is 3. The van der Waals surface area contributed by atoms with Gasteiger partial charge in [0.1, 0.15) is 24.4 Å². The number of Topliss-reactive ketones (excluding diaryl/α,β-unsaturated/α-hetero) is 1. The van der Waals surface area contributed by atoms with E-state index >= 15 is 0 Å². The van der Waals surface area contributed by atoms with Crippen LogP contribution in [0.2, 0.25) is 0 Å². The maximum atomic E-state index is 10.7. The van der Waals surface area contributed by atoms with Gasteiger partial charge in [0.15, 0.2) is 5.78 Å². The summed E-state index contributed by atoms with van der Waals surface area (Å²) in [6.45, 7) is 0. The van der Waals surface area contributed by atoms with Gasteiger partial charge in [-0.15, -0.1) is 0 Å². The Morgan fingerprint density at radius 3 is 1.88 bits per heavy atom. The molecule has 1 saturated carbocycles. The van der Waals surface area contributed by atoms with Gasteiger partial charge in [-0.1, -0.05) is 0 Å². The van der Waals surface area contributed by atoms with Crippen LogP contribution in [0.5, 0.6) is 0 Å². The van der Waals surface area contributed by atoms with Crippen LogP contribution in [-0.2, 0) is 14.3 Å². The van der Waals surface area contributed by atoms with Crippen LogP contribution in [-0.4, -0.2) is 30.2 Å². The Bertz CT molecular complexity index is 159. The molecule has 4 atom stereocenters. The molecular weight excluding hydrogens is 108 g/mol. The highest BCUT2D eigenvalue weighted by molar-refractivity contribution is 5.96. The first kappa shape index (κ1) is 3.58. The lowest BCUT2D eigenvalue weighted by Gasteiger charge is -1.79. The van der Waals surface area contributed by atoms with Crippen LogP contribution >= 0.6 is 0 Å². The molecule has 3 nitrogen and oxygen atoms in total. The van der Waals surface area contributed by atoms with Gasteiger partial charge >= 0.3 is 0 Å². The van der Waals surface area contributed by atoms with Gasteiger partial charge in [-0.05, 0) is 0 Å². The van der Waals surface area contributed by atoms with E-state index in [4.69, 9.17) is 9.47 Å². The molecule has 0 radical (unpaired) electrons. The van der Waals surface area contributed by atoms with E-state index in [1.165, 1.54) is 0 Å². The lowest BCUT2D eigenvalue weighted by Crippen LogP contribution is -2.09. The molecule has 3 heteroatoms. The van der Waals surface area contributed by atoms with Gasteiger partial charge in [0, 0.05) is 0 Å². The van der Waals surface area contributed by atoms with Gasteiger partial charge < -0.3 is 9.47 Å². The van der Waals surface area contributed by atoms with Crippen molar-refractivity contribution in [3.8, 4) is 0 Å². The Morgan fingerprint density at radius 1 is 1.12 bits per heavy atom. The maximum Gasteiger partial charge on any atom is 0.195 e. The van der Waals surface area contributed by atoms with Crippen molar-refractivity contribution in [1.82, 2.24) is 0 Å². The second kappa shape index (κ2) is 0.748. The molecule has 0 aromatic heterocycles. The molecule has 0 spiro atoms. The van der Waals surface area contributed by atoms with Crippen LogP contribution in [0.4, 0.5) is 0 Å². The van der Waals surface area contributed by atoms with E-state index in [9.17, 15) is 4.79 Å². The molecule has 0 bridgehead atoms. The first-order valence-electron chi connectivity index (χ1n) is 2.72. The average molecular weight is 112 g/mol. The number of ketones is 1. The van der Waals surface area contributed by atoms with E-state index in [0.717, 1.165) is 0 Å². The van der Waals surface area contributed by atoms with Crippen molar-refractivity contribution in [3.63, 3.8) is 0 Å². The van der Waals surface area contributed by atoms with Crippen LogP contribution in [0.25, 0.3) is 0 Å². The molecular formula is C5H4O3. The van der Waals surface area contributed by atoms with Crippen molar-refractivity contribution in [3.05, 3.63) is 0 Å². The van der Waals surface area contributed by atoms with Gasteiger partial charge in [0.05, 0.1) is 0 Å². The summed E-state index contributed by atoms with van der Waals surface area (Å²) in [4.78, 5) is 10.7. The van der Waals surface area contributed by atoms with Crippen LogP contribution in [0.3, 0.4) is 0 Å². The van der Waals surface area contributed by atoms with E-state index in [1.807, 2.05) is 0 Å². The predicted molar refractivity (Wildman–Crippen MR) is 22.3 cm³/mol. The fraction of sp³-hybridized carbons (Fsp3) is 0.800. The SMILES string of the molecule is O=C1[C@@H]2O[C@@H]2[C@H]2O[C@@H]12. The number of epoxide rings is 2. The Kier molecular flexibility index (Phi) is 0.335. The smallest absolute Gasteiger partial charge is 0.195 e. The largest absolute Gasteiger partial charge is 0.358 e. The summed E-state index contributed by atoms with van der Waals surface area (Å²) in [7, 11) is 0. The van der Waals surface area contributed by atoms with Gasteiger partial charge in [-0.2, -0.15) is 0 Å². The third-order valence-electron chi connectivity index (χ3n) is 1.94. The van der Waals surface area contributed by atoms with Crippen LogP contribution in [0, 0.1) is 0 Å². The number of hydrogen-bond donors (Lipinski definition) is 0. The van der Waals surface area contributed by atoms with E-state index < -0.39 is 0 Å². The molecule has 42 valence electrons. The third kappa shape index (κ3) is 0.212. The third-order valence-corrected chi connectivity index (χ3v) is 1.94. The minimum Gasteiger partial charge on any atom is -0.358 e. The monoisotopic (exact) mass is 112 g/mol. The highest BCUT2D eigenvalue weighted by Crippen LogP contribution is 2.48. The molecule has 0 aromatic rings. The molecule has 3 fully saturated rings. The Balaban J connectivity index is 2.09. The maximum absolute atomic E-state index is 10.7. The van der Waals surface area contributed by atoms with Crippen LogP contribution < -0.4 is 0 Å². The molecule has 0 unspecified atom stereocenters. The van der Waals surface area contributed by atoms with Crippen LogP contribution in [0.1, 0.15) is 0 Å². The van der Waals surface area contributed by atoms with E-state index in [1.54, 1.807) is 0 Å². The van der Waals surface area contributed by atoms with Crippen molar-refractivity contribution in [1.29, 1.82) is 0 Å². The number of carbonyl (C=O) groups is 1. The number of ether oxygens (including phenoxy) is 2. The summed E-state index contributed by atoms with van der Waals surface area (Å²) in [5.74, 6) is 0.167. The summed E-state index contributed by atoms with van der Waals surface area (Å²) in [5, 5.41) is 0. The van der Waals surface area contributed by atoms with Crippen molar-refractivity contribution in [2.45, 2.75) is 24.4 Å². The van der Waals surface area contributed by atoms with Crippen molar-refractivity contribution < 1.29 is 14.3 Å². The molecule has 3 aliphatic rings. The van der Waals surface area contributed by atoms with Gasteiger partial charge in [0.2, 0.25) is 0 Å². The molecule has 0 amide bonds. The Hall–Kier alpha value is -0.410. The molecule has 0 N–H and O–H groups in total. The molecule has 3 rings (SSSR count). The molecule has 0 aromatic carbocycles. The predicted octanol–water partition coefficient (Wildman–Crippen LogP) is -0.896. The molecule has 2 saturated heterocycles. The van der Waals surface area contributed by atoms with Crippen molar-refractivity contribution in [2.75, 3.05) is 0 Å². The van der Waals surface area contributed by atoms with E-state index in [2.05, 4.69) is 0 Å². The Morgan fingerprint density at radius 2 is 1.62 bits per heavy atom. The van der Waals surface area contributed by atoms with E-state index in [0.29, 0.717) is 0 Å². The number of carbonyl (C=O) groups excluding carboxylic acids is 1. The summed E-state index contributed by atoms with van der Waals surface area (Å²) in [6, 6.07) is 0. The lowest BCUT2D eigenvalue weighted by atomic mass is 10.3. The average Bonchev–Trinajstić information content (AvgIpc) is 2.58. The normalized spacial score (nSPS) is 64.8. The fourth-order valence-electron chi connectivity index (χ4n) is 1.37.